The van der Waals surface area contributed by atoms with Gasteiger partial charge >= 0.3 is 11.9 Å². The molecule has 4 aromatic heterocycles. The average molecular weight is 1000 g/mol. The number of ether oxygens (including phenoxy) is 2. The van der Waals surface area contributed by atoms with Gasteiger partial charge in [-0.3, -0.25) is 9.59 Å². The Kier molecular flexibility index (Phi) is 13.9. The zero-order valence-electron chi connectivity index (χ0n) is 40.8. The van der Waals surface area contributed by atoms with Gasteiger partial charge in [-0.2, -0.15) is 0 Å². The van der Waals surface area contributed by atoms with Crippen molar-refractivity contribution >= 4 is 69.2 Å². The minimum absolute atomic E-state index is 0. The minimum atomic E-state index is -1.33. The number of piperazine rings is 2. The van der Waals surface area contributed by atoms with Crippen LogP contribution in [-0.2, 0) is 0 Å². The summed E-state index contributed by atoms with van der Waals surface area (Å²) in [4.78, 5) is 75.5. The van der Waals surface area contributed by atoms with E-state index in [-0.39, 0.29) is 71.4 Å². The highest BCUT2D eigenvalue weighted by Crippen LogP contribution is 2.44. The smallest absolute Gasteiger partial charge is 0.341 e. The molecular weight excluding hydrogens is 942 g/mol. The van der Waals surface area contributed by atoms with Gasteiger partial charge in [0.25, 0.3) is 0 Å². The van der Waals surface area contributed by atoms with E-state index in [1.807, 2.05) is 49.6 Å². The van der Waals surface area contributed by atoms with E-state index in [1.165, 1.54) is 12.4 Å². The fraction of sp³-hybridized carbons (Fsp3) is 0.440. The first-order chi connectivity index (χ1) is 33.3. The van der Waals surface area contributed by atoms with Gasteiger partial charge in [-0.05, 0) is 39.8 Å². The molecule has 4 aliphatic heterocycles. The molecule has 0 amide bonds. The number of pyridine rings is 2. The highest BCUT2D eigenvalue weighted by Gasteiger charge is 2.34. The largest absolute Gasteiger partial charge is 0.487 e. The second kappa shape index (κ2) is 19.6. The lowest BCUT2D eigenvalue weighted by molar-refractivity contribution is 0.0683. The lowest BCUT2D eigenvalue weighted by atomic mass is 10.1. The molecule has 10 rings (SSSR count). The van der Waals surface area contributed by atoms with Crippen LogP contribution in [-0.4, -0.2) is 117 Å². The van der Waals surface area contributed by atoms with Crippen molar-refractivity contribution < 1.29 is 38.1 Å². The lowest BCUT2D eigenvalue weighted by Gasteiger charge is -2.38. The molecule has 4 aliphatic rings. The molecule has 0 saturated carbocycles. The predicted molar refractivity (Wildman–Crippen MR) is 268 cm³/mol. The Labute approximate surface area is 413 Å². The van der Waals surface area contributed by atoms with E-state index in [9.17, 15) is 29.4 Å². The molecule has 6 aromatic rings. The van der Waals surface area contributed by atoms with Gasteiger partial charge in [-0.25, -0.2) is 38.3 Å². The number of benzene rings is 2. The monoisotopic (exact) mass is 998 g/mol. The van der Waals surface area contributed by atoms with Crippen LogP contribution < -0.4 is 39.9 Å². The zero-order valence-corrected chi connectivity index (χ0v) is 41.6. The van der Waals surface area contributed by atoms with Crippen LogP contribution in [0.25, 0.3) is 21.8 Å². The van der Waals surface area contributed by atoms with E-state index in [2.05, 4.69) is 47.5 Å². The summed E-state index contributed by atoms with van der Waals surface area (Å²) >= 11 is 0. The van der Waals surface area contributed by atoms with Gasteiger partial charge in [-0.15, -0.1) is 12.4 Å². The Morgan fingerprint density at radius 2 is 0.930 bits per heavy atom. The number of hydrogen-bond acceptors (Lipinski definition) is 14. The summed E-state index contributed by atoms with van der Waals surface area (Å²) in [5, 5.41) is 19.0. The van der Waals surface area contributed by atoms with E-state index < -0.39 is 34.4 Å². The first-order valence-electron chi connectivity index (χ1n) is 23.6. The predicted octanol–water partition coefficient (Wildman–Crippen LogP) is 7.10. The molecule has 2 aromatic carbocycles. The molecular formula is C50H57ClF2N10O8. The van der Waals surface area contributed by atoms with Crippen LogP contribution in [0, 0.1) is 25.5 Å². The summed E-state index contributed by atoms with van der Waals surface area (Å²) in [7, 11) is 0. The van der Waals surface area contributed by atoms with E-state index in [1.54, 1.807) is 9.13 Å². The Hall–Kier alpha value is -7.09. The topological polar surface area (TPSA) is 202 Å². The molecule has 18 nitrogen and oxygen atoms in total. The van der Waals surface area contributed by atoms with Crippen molar-refractivity contribution in [2.75, 3.05) is 85.2 Å². The number of hydrogen-bond donors (Lipinski definition) is 2. The summed E-state index contributed by atoms with van der Waals surface area (Å²) in [6.07, 6.45) is 2.68. The molecule has 2 saturated heterocycles. The van der Waals surface area contributed by atoms with Gasteiger partial charge in [0.15, 0.2) is 23.1 Å². The van der Waals surface area contributed by atoms with Crippen molar-refractivity contribution in [3.05, 3.63) is 103 Å². The number of halogens is 3. The molecule has 0 spiro atoms. The van der Waals surface area contributed by atoms with E-state index in [4.69, 9.17) is 19.4 Å². The number of aryl methyl sites for hydroxylation is 2. The lowest BCUT2D eigenvalue weighted by Crippen LogP contribution is -2.47. The molecule has 8 heterocycles. The van der Waals surface area contributed by atoms with Crippen molar-refractivity contribution in [2.45, 2.75) is 79.3 Å². The maximum atomic E-state index is 15.5. The van der Waals surface area contributed by atoms with Crippen molar-refractivity contribution in [1.29, 1.82) is 0 Å². The molecule has 2 atom stereocenters. The number of carboxylic acid groups (broad SMARTS) is 2. The molecule has 71 heavy (non-hydrogen) atoms. The minimum Gasteiger partial charge on any atom is -0.487 e. The highest BCUT2D eigenvalue weighted by molar-refractivity contribution is 5.98. The highest BCUT2D eigenvalue weighted by atomic mass is 35.5. The van der Waals surface area contributed by atoms with Gasteiger partial charge in [0, 0.05) is 100 Å². The van der Waals surface area contributed by atoms with Crippen molar-refractivity contribution in [1.82, 2.24) is 29.1 Å². The van der Waals surface area contributed by atoms with Crippen molar-refractivity contribution in [3.63, 3.8) is 0 Å². The second-order valence-electron chi connectivity index (χ2n) is 19.1. The molecule has 21 heteroatoms. The van der Waals surface area contributed by atoms with Crippen LogP contribution >= 0.6 is 12.4 Å². The number of carbonyl (C=O) groups is 2. The normalized spacial score (nSPS) is 17.5. The van der Waals surface area contributed by atoms with Crippen LogP contribution in [0.3, 0.4) is 0 Å². The Morgan fingerprint density at radius 3 is 1.25 bits per heavy atom. The van der Waals surface area contributed by atoms with Crippen LogP contribution in [0.2, 0.25) is 0 Å². The van der Waals surface area contributed by atoms with Crippen LogP contribution in [0.15, 0.2) is 46.2 Å². The van der Waals surface area contributed by atoms with Gasteiger partial charge in [0.2, 0.25) is 10.9 Å². The first-order valence-corrected chi connectivity index (χ1v) is 23.6. The molecule has 2 N–H and O–H groups in total. The summed E-state index contributed by atoms with van der Waals surface area (Å²) in [6.45, 7) is 21.0. The molecule has 0 bridgehead atoms. The third-order valence-corrected chi connectivity index (χ3v) is 13.3. The maximum absolute atomic E-state index is 15.5. The van der Waals surface area contributed by atoms with Gasteiger partial charge in [0.05, 0.1) is 33.9 Å². The van der Waals surface area contributed by atoms with Crippen molar-refractivity contribution in [2.24, 2.45) is 0 Å². The van der Waals surface area contributed by atoms with Crippen LogP contribution in [0.1, 0.15) is 109 Å². The molecule has 376 valence electrons. The molecule has 0 radical (unpaired) electrons. The fourth-order valence-corrected chi connectivity index (χ4v) is 9.62. The standard InChI is InChI=1S/2C25H28FN5O4.ClH/c2*1-13(2)24-27-14(3)9-19(28-24)29-5-7-30(8-6-29)21-18(26)10-16-20-23(21)35-12-15(4)31(20)11-17(22(16)32)25(33)34;/h2*9-11,13,15H,5-8,12H2,1-4H3,(H,33,34);1H/t2*15-;/m00./s1. The number of aromatic carboxylic acids is 2. The quantitative estimate of drug-likeness (QED) is 0.156. The number of carboxylic acids is 2. The van der Waals surface area contributed by atoms with Gasteiger partial charge in [-0.1, -0.05) is 27.7 Å². The summed E-state index contributed by atoms with van der Waals surface area (Å²) in [5.74, 6) is 0.487. The third kappa shape index (κ3) is 9.24. The maximum Gasteiger partial charge on any atom is 0.341 e. The zero-order chi connectivity index (χ0) is 50.0. The number of anilines is 4. The first kappa shape index (κ1) is 50.3. The van der Waals surface area contributed by atoms with Crippen LogP contribution in [0.4, 0.5) is 31.8 Å². The van der Waals surface area contributed by atoms with Gasteiger partial charge < -0.3 is 48.4 Å². The van der Waals surface area contributed by atoms with Crippen molar-refractivity contribution in [3.8, 4) is 11.5 Å². The molecule has 2 fully saturated rings. The number of aromatic nitrogens is 6. The van der Waals surface area contributed by atoms with E-state index in [0.717, 1.165) is 46.8 Å². The summed E-state index contributed by atoms with van der Waals surface area (Å²) < 4.78 is 46.3. The number of nitrogens with zero attached hydrogens (tertiary/aromatic N) is 10. The summed E-state index contributed by atoms with van der Waals surface area (Å²) in [6, 6.07) is 5.83. The third-order valence-electron chi connectivity index (χ3n) is 13.3. The SMILES string of the molecule is Cc1cc(N2CCN(c3c(F)cc4c(=O)c(C(=O)O)cn5c4c3OC[C@@H]5C)CC2)nc(C(C)C)n1.Cc1cc(N2CCN(c3c(F)cc4c(=O)c(C(=O)O)cn5c4c3OC[C@@H]5C)CC2)nc(C(C)C)n1.Cl. The second-order valence-corrected chi connectivity index (χ2v) is 19.1. The van der Waals surface area contributed by atoms with Gasteiger partial charge in [0.1, 0.15) is 59.0 Å². The molecule has 0 unspecified atom stereocenters. The Balaban J connectivity index is 0.000000188. The average Bonchev–Trinajstić information content (AvgIpc) is 3.32. The Bertz CT molecular complexity index is 3010. The fourth-order valence-electron chi connectivity index (χ4n) is 9.62. The van der Waals surface area contributed by atoms with E-state index >= 15 is 8.78 Å². The Morgan fingerprint density at radius 1 is 0.592 bits per heavy atom. The van der Waals surface area contributed by atoms with E-state index in [0.29, 0.717) is 86.3 Å². The molecule has 0 aliphatic carbocycles. The van der Waals surface area contributed by atoms with Crippen LogP contribution in [0.5, 0.6) is 11.5 Å². The number of rotatable bonds is 8. The summed E-state index contributed by atoms with van der Waals surface area (Å²) in [5.41, 5.74) is 1.13.